The number of β-amino-alcohol motifs (C(OH)–C–C–N with tert-alkyl or cyclic N) is 1. The van der Waals surface area contributed by atoms with Crippen molar-refractivity contribution in [1.29, 1.82) is 0 Å². The number of thiazole rings is 1. The lowest BCUT2D eigenvalue weighted by Gasteiger charge is -2.38. The molecule has 3 saturated heterocycles. The van der Waals surface area contributed by atoms with E-state index in [9.17, 15) is 67.4 Å². The molecule has 0 saturated carbocycles. The Labute approximate surface area is 504 Å². The van der Waals surface area contributed by atoms with Crippen molar-refractivity contribution in [2.45, 2.75) is 174 Å². The maximum absolute atomic E-state index is 14.5. The maximum Gasteiger partial charge on any atom is 0.396 e. The van der Waals surface area contributed by atoms with Crippen LogP contribution >= 0.6 is 18.9 Å². The fourth-order valence-electron chi connectivity index (χ4n) is 11.8. The first-order valence-electron chi connectivity index (χ1n) is 29.7. The van der Waals surface area contributed by atoms with E-state index in [2.05, 4.69) is 25.9 Å². The maximum atomic E-state index is 14.5. The third-order valence-electron chi connectivity index (χ3n) is 16.7. The van der Waals surface area contributed by atoms with Crippen LogP contribution < -0.4 is 21.7 Å². The molecular formula is C61H82N9O14PS. The smallest absolute Gasteiger partial charge is 0.391 e. The van der Waals surface area contributed by atoms with Crippen molar-refractivity contribution in [2.24, 2.45) is 23.0 Å². The summed E-state index contributed by atoms with van der Waals surface area (Å²) in [4.78, 5) is 166. The van der Waals surface area contributed by atoms with Gasteiger partial charge < -0.3 is 56.3 Å². The lowest BCUT2D eigenvalue weighted by Crippen LogP contribution is -2.60. The van der Waals surface area contributed by atoms with Gasteiger partial charge in [-0.05, 0) is 86.3 Å². The molecule has 3 aliphatic rings. The normalized spacial score (nSPS) is 19.7. The summed E-state index contributed by atoms with van der Waals surface area (Å²) in [6.45, 7) is 9.63. The zero-order valence-electron chi connectivity index (χ0n) is 49.6. The van der Waals surface area contributed by atoms with Crippen LogP contribution in [0.4, 0.5) is 0 Å². The average Bonchev–Trinajstić information content (AvgIpc) is 2.63. The van der Waals surface area contributed by atoms with E-state index >= 15 is 0 Å². The Morgan fingerprint density at radius 1 is 0.860 bits per heavy atom. The number of primary amides is 1. The number of aliphatic hydroxyl groups is 1. The van der Waals surface area contributed by atoms with Gasteiger partial charge in [0.1, 0.15) is 23.6 Å². The number of amides is 7. The highest BCUT2D eigenvalue weighted by Crippen LogP contribution is 2.40. The van der Waals surface area contributed by atoms with Gasteiger partial charge in [-0.3, -0.25) is 52.5 Å². The highest BCUT2D eigenvalue weighted by molar-refractivity contribution is 7.70. The summed E-state index contributed by atoms with van der Waals surface area (Å²) in [7, 11) is -5.08. The van der Waals surface area contributed by atoms with Crippen LogP contribution in [0.2, 0.25) is 0 Å². The molecule has 7 rings (SSSR count). The van der Waals surface area contributed by atoms with Gasteiger partial charge in [0.05, 0.1) is 28.2 Å². The second-order valence-electron chi connectivity index (χ2n) is 24.2. The van der Waals surface area contributed by atoms with E-state index in [1.807, 2.05) is 52.0 Å². The summed E-state index contributed by atoms with van der Waals surface area (Å²) in [5, 5.41) is 19.5. The summed E-state index contributed by atoms with van der Waals surface area (Å²) in [6.07, 6.45) is 5.77. The van der Waals surface area contributed by atoms with E-state index in [1.54, 1.807) is 16.8 Å². The van der Waals surface area contributed by atoms with E-state index < -0.39 is 90.1 Å². The number of ketones is 2. The molecule has 0 spiro atoms. The minimum Gasteiger partial charge on any atom is -0.391 e. The van der Waals surface area contributed by atoms with Crippen LogP contribution in [0.15, 0.2) is 54.0 Å². The van der Waals surface area contributed by atoms with Crippen LogP contribution in [0.25, 0.3) is 21.3 Å². The molecule has 86 heavy (non-hydrogen) atoms. The van der Waals surface area contributed by atoms with Gasteiger partial charge in [-0.15, -0.1) is 11.3 Å². The number of aryl methyl sites for hydroxylation is 1. The first-order chi connectivity index (χ1) is 40.7. The van der Waals surface area contributed by atoms with E-state index in [-0.39, 0.29) is 105 Å². The molecule has 3 fully saturated rings. The zero-order valence-corrected chi connectivity index (χ0v) is 51.4. The molecule has 7 atom stereocenters. The van der Waals surface area contributed by atoms with Crippen LogP contribution in [0, 0.1) is 24.2 Å². The number of benzene rings is 2. The number of nitrogens with zero attached hydrogens (tertiary/aromatic N) is 4. The lowest BCUT2D eigenvalue weighted by molar-refractivity contribution is -0.146. The molecule has 466 valence electrons. The van der Waals surface area contributed by atoms with Crippen molar-refractivity contribution < 1.29 is 67.4 Å². The van der Waals surface area contributed by atoms with E-state index in [0.717, 1.165) is 53.8 Å². The molecule has 9 N–H and O–H groups in total. The van der Waals surface area contributed by atoms with Crippen LogP contribution in [0.1, 0.15) is 163 Å². The third-order valence-corrected chi connectivity index (χ3v) is 18.5. The molecule has 2 aromatic heterocycles. The summed E-state index contributed by atoms with van der Waals surface area (Å²) < 4.78 is 11.6. The number of rotatable bonds is 28. The second kappa shape index (κ2) is 29.6. The van der Waals surface area contributed by atoms with Gasteiger partial charge in [-0.25, -0.2) is 4.98 Å². The Bertz CT molecular complexity index is 3210. The number of fused-ring (bicyclic) bond motifs is 2. The minimum atomic E-state index is -5.08. The fraction of sp³-hybridized carbons (Fsp3) is 0.557. The predicted molar refractivity (Wildman–Crippen MR) is 321 cm³/mol. The standard InChI is InChI=1S/C61H82N9O14PS/c1-36-54(86-35-65-36)39-16-14-38(15-17-39)32-64-57(78)51-31-45(73)33-69(51)58(79)46(61(3,4)5)30-44(72)13-11-9-7-6-8-10-12-25-63-55(76)40(19-23-53(62)75)29-52(74)50-22-20-43-24-26-68(37(2)71)34-49(59(80)70(43)50)67-56(77)48-28-42-27-41(18-21-47(42)66-48)60(81)85(82,83)84/h14-18,21,27-28,35,40,43,45-46,49-51,66,73H,6-13,19-20,22-26,29-34H2,1-5H3,(H2,62,75)(H,63,76)(H,64,78)(H,67,77)(H2,82,83,84)/t40-,43-,45-,46-,49+,50+,51+/m1/s1. The summed E-state index contributed by atoms with van der Waals surface area (Å²) in [5.41, 5.74) is 8.23. The number of nitrogens with two attached hydrogens (primary N) is 1. The number of likely N-dealkylation sites (tertiary alicyclic amines) is 1. The second-order valence-corrected chi connectivity index (χ2v) is 26.6. The molecule has 0 unspecified atom stereocenters. The van der Waals surface area contributed by atoms with Gasteiger partial charge in [0.2, 0.25) is 35.4 Å². The summed E-state index contributed by atoms with van der Waals surface area (Å²) in [6, 6.07) is 9.43. The van der Waals surface area contributed by atoms with Gasteiger partial charge >= 0.3 is 7.60 Å². The minimum absolute atomic E-state index is 0.00631. The summed E-state index contributed by atoms with van der Waals surface area (Å²) >= 11 is 1.56. The van der Waals surface area contributed by atoms with Crippen molar-refractivity contribution in [3.05, 3.63) is 76.6 Å². The first kappa shape index (κ1) is 66.5. The van der Waals surface area contributed by atoms with Gasteiger partial charge in [-0.1, -0.05) is 77.1 Å². The third kappa shape index (κ3) is 17.6. The zero-order chi connectivity index (χ0) is 62.6. The largest absolute Gasteiger partial charge is 0.396 e. The molecule has 0 aliphatic carbocycles. The Balaban J connectivity index is 0.836. The number of Topliss-reactive ketones (excluding diaryl/α,β-unsaturated/α-hetero) is 2. The number of H-pyrrole nitrogens is 1. The Morgan fingerprint density at radius 3 is 2.21 bits per heavy atom. The molecule has 7 amide bonds. The monoisotopic (exact) mass is 1230 g/mol. The molecule has 0 bridgehead atoms. The number of aromatic amines is 1. The number of unbranched alkanes of at least 4 members (excludes halogenated alkanes) is 6. The first-order valence-corrected chi connectivity index (χ1v) is 32.2. The Hall–Kier alpha value is -6.98. The van der Waals surface area contributed by atoms with Crippen LogP contribution in [-0.2, 0) is 49.5 Å². The number of nitrogens with one attached hydrogen (secondary N) is 4. The molecule has 5 heterocycles. The molecular weight excluding hydrogens is 1150 g/mol. The molecule has 3 aliphatic heterocycles. The number of hydrogen-bond acceptors (Lipinski definition) is 14. The molecule has 23 nitrogen and oxygen atoms in total. The van der Waals surface area contributed by atoms with E-state index in [4.69, 9.17) is 5.73 Å². The Kier molecular flexibility index (Phi) is 22.9. The van der Waals surface area contributed by atoms with Crippen molar-refractivity contribution in [2.75, 3.05) is 26.2 Å². The van der Waals surface area contributed by atoms with Crippen LogP contribution in [0.5, 0.6) is 0 Å². The quantitative estimate of drug-likeness (QED) is 0.0253. The van der Waals surface area contributed by atoms with Crippen molar-refractivity contribution >= 4 is 88.3 Å². The Morgan fingerprint density at radius 2 is 1.56 bits per heavy atom. The number of carbonyl (C=O) groups excluding carboxylic acids is 10. The van der Waals surface area contributed by atoms with E-state index in [0.29, 0.717) is 44.2 Å². The van der Waals surface area contributed by atoms with Gasteiger partial charge in [0, 0.05) is 106 Å². The highest BCUT2D eigenvalue weighted by Gasteiger charge is 2.47. The fourth-order valence-corrected chi connectivity index (χ4v) is 13.1. The number of carbonyl (C=O) groups is 10. The molecule has 25 heteroatoms. The van der Waals surface area contributed by atoms with Gasteiger partial charge in [0.15, 0.2) is 5.78 Å². The summed E-state index contributed by atoms with van der Waals surface area (Å²) in [5.74, 6) is -5.46. The molecule has 2 aromatic carbocycles. The predicted octanol–water partition coefficient (Wildman–Crippen LogP) is 5.61. The number of aromatic nitrogens is 2. The average molecular weight is 1230 g/mol. The SMILES string of the molecule is CC(=O)N1CC[C@H]2CC[C@@H](C(=O)C[C@@H](CCC(N)=O)C(=O)NCCCCCCCCCC(=O)C[C@H](C(=O)N3C[C@H](O)C[C@H]3C(=O)NCc3ccc(-c4scnc4C)cc3)C(C)(C)C)N2C(=O)[C@@H](NC(=O)c2cc3cc(C(=O)P(=O)(O)O)ccc3[nH]2)C1. The van der Waals surface area contributed by atoms with Crippen LogP contribution in [0.3, 0.4) is 0 Å². The van der Waals surface area contributed by atoms with Crippen molar-refractivity contribution in [3.8, 4) is 10.4 Å². The van der Waals surface area contributed by atoms with Crippen molar-refractivity contribution in [1.82, 2.24) is 40.6 Å². The van der Waals surface area contributed by atoms with Crippen molar-refractivity contribution in [3.63, 3.8) is 0 Å². The van der Waals surface area contributed by atoms with Gasteiger partial charge in [0.25, 0.3) is 11.4 Å². The van der Waals surface area contributed by atoms with E-state index in [1.165, 1.54) is 45.9 Å². The van der Waals surface area contributed by atoms with Crippen LogP contribution in [-0.4, -0.2) is 154 Å². The molecule has 4 aromatic rings. The topological polar surface area (TPSA) is 349 Å². The highest BCUT2D eigenvalue weighted by atomic mass is 32.1. The lowest BCUT2D eigenvalue weighted by atomic mass is 9.76. The number of aliphatic hydroxyl groups excluding tert-OH is 1. The number of hydrogen-bond donors (Lipinski definition) is 8. The molecule has 0 radical (unpaired) electrons. The van der Waals surface area contributed by atoms with Gasteiger partial charge in [-0.2, -0.15) is 0 Å².